The second-order valence-corrected chi connectivity index (χ2v) is 12.0. The quantitative estimate of drug-likeness (QED) is 0.568. The minimum absolute atomic E-state index is 0.144. The predicted molar refractivity (Wildman–Crippen MR) is 145 cm³/mol. The van der Waals surface area contributed by atoms with Crippen LogP contribution in [0.3, 0.4) is 0 Å². The molecule has 4 amide bonds. The van der Waals surface area contributed by atoms with Crippen LogP contribution in [-0.4, -0.2) is 77.5 Å². The van der Waals surface area contributed by atoms with Crippen molar-refractivity contribution in [3.05, 3.63) is 35.2 Å². The fourth-order valence-electron chi connectivity index (χ4n) is 4.30. The van der Waals surface area contributed by atoms with Gasteiger partial charge in [-0.15, -0.1) is 11.3 Å². The zero-order valence-electron chi connectivity index (χ0n) is 22.5. The molecule has 0 bridgehead atoms. The summed E-state index contributed by atoms with van der Waals surface area (Å²) in [5.41, 5.74) is -0.646. The van der Waals surface area contributed by atoms with E-state index in [1.165, 1.54) is 11.3 Å². The van der Waals surface area contributed by atoms with Crippen molar-refractivity contribution in [1.29, 1.82) is 0 Å². The first kappa shape index (κ1) is 28.4. The van der Waals surface area contributed by atoms with E-state index in [1.807, 2.05) is 51.1 Å². The van der Waals surface area contributed by atoms with Gasteiger partial charge < -0.3 is 25.2 Å². The molecule has 0 spiro atoms. The highest BCUT2D eigenvalue weighted by molar-refractivity contribution is 7.20. The van der Waals surface area contributed by atoms with Crippen LogP contribution in [0.15, 0.2) is 30.3 Å². The minimum Gasteiger partial charge on any atom is -0.444 e. The van der Waals surface area contributed by atoms with Crippen molar-refractivity contribution in [2.24, 2.45) is 5.92 Å². The normalized spacial score (nSPS) is 17.0. The third-order valence-electron chi connectivity index (χ3n) is 6.01. The SMILES string of the molecule is CC(C)C[C@H](NC(=O)c1cc2ccccc2s1)C(=O)N1CCN(C(=O)CNC(=O)OC(C)(C)C)C[C@@H]1C. The Morgan fingerprint density at radius 2 is 1.84 bits per heavy atom. The number of fused-ring (bicyclic) bond motifs is 1. The van der Waals surface area contributed by atoms with E-state index in [0.717, 1.165) is 10.1 Å². The Hall–Kier alpha value is -3.14. The molecule has 10 heteroatoms. The summed E-state index contributed by atoms with van der Waals surface area (Å²) in [6.07, 6.45) is -0.130. The Labute approximate surface area is 222 Å². The maximum absolute atomic E-state index is 13.5. The number of piperazine rings is 1. The second kappa shape index (κ2) is 11.9. The molecule has 1 aliphatic rings. The molecular weight excluding hydrogens is 492 g/mol. The number of amides is 4. The van der Waals surface area contributed by atoms with Gasteiger partial charge in [-0.2, -0.15) is 0 Å². The van der Waals surface area contributed by atoms with E-state index in [9.17, 15) is 19.2 Å². The molecule has 2 N–H and O–H groups in total. The second-order valence-electron chi connectivity index (χ2n) is 10.9. The molecule has 2 aromatic rings. The minimum atomic E-state index is -0.656. The lowest BCUT2D eigenvalue weighted by Gasteiger charge is -2.41. The molecular formula is C27H38N4O5S. The summed E-state index contributed by atoms with van der Waals surface area (Å²) in [7, 11) is 0. The van der Waals surface area contributed by atoms with Crippen molar-refractivity contribution in [3.63, 3.8) is 0 Å². The Bertz CT molecular complexity index is 1110. The largest absolute Gasteiger partial charge is 0.444 e. The zero-order chi connectivity index (χ0) is 27.3. The number of nitrogens with zero attached hydrogens (tertiary/aromatic N) is 2. The molecule has 0 saturated carbocycles. The van der Waals surface area contributed by atoms with Gasteiger partial charge in [0.15, 0.2) is 0 Å². The third-order valence-corrected chi connectivity index (χ3v) is 7.12. The number of nitrogens with one attached hydrogen (secondary N) is 2. The molecule has 0 radical (unpaired) electrons. The van der Waals surface area contributed by atoms with E-state index in [4.69, 9.17) is 4.74 Å². The predicted octanol–water partition coefficient (Wildman–Crippen LogP) is 3.63. The summed E-state index contributed by atoms with van der Waals surface area (Å²) in [4.78, 5) is 55.1. The highest BCUT2D eigenvalue weighted by Crippen LogP contribution is 2.25. The fraction of sp³-hybridized carbons (Fsp3) is 0.556. The van der Waals surface area contributed by atoms with Gasteiger partial charge in [-0.1, -0.05) is 32.0 Å². The maximum Gasteiger partial charge on any atom is 0.408 e. The van der Waals surface area contributed by atoms with Gasteiger partial charge in [0.05, 0.1) is 4.88 Å². The first-order valence-electron chi connectivity index (χ1n) is 12.7. The van der Waals surface area contributed by atoms with E-state index in [0.29, 0.717) is 30.9 Å². The van der Waals surface area contributed by atoms with Gasteiger partial charge in [-0.3, -0.25) is 14.4 Å². The van der Waals surface area contributed by atoms with Crippen molar-refractivity contribution in [2.75, 3.05) is 26.2 Å². The van der Waals surface area contributed by atoms with Gasteiger partial charge >= 0.3 is 6.09 Å². The summed E-state index contributed by atoms with van der Waals surface area (Å²) in [6, 6.07) is 8.76. The van der Waals surface area contributed by atoms with Crippen LogP contribution >= 0.6 is 11.3 Å². The average Bonchev–Trinajstić information content (AvgIpc) is 3.25. The first-order chi connectivity index (χ1) is 17.3. The number of ether oxygens (including phenoxy) is 1. The lowest BCUT2D eigenvalue weighted by Crippen LogP contribution is -2.60. The van der Waals surface area contributed by atoms with Crippen LogP contribution in [0, 0.1) is 5.92 Å². The van der Waals surface area contributed by atoms with E-state index in [1.54, 1.807) is 30.6 Å². The molecule has 2 atom stereocenters. The van der Waals surface area contributed by atoms with E-state index in [-0.39, 0.29) is 36.2 Å². The summed E-state index contributed by atoms with van der Waals surface area (Å²) in [6.45, 7) is 12.1. The summed E-state index contributed by atoms with van der Waals surface area (Å²) < 4.78 is 6.20. The van der Waals surface area contributed by atoms with E-state index >= 15 is 0 Å². The molecule has 9 nitrogen and oxygen atoms in total. The van der Waals surface area contributed by atoms with Crippen molar-refractivity contribution < 1.29 is 23.9 Å². The highest BCUT2D eigenvalue weighted by atomic mass is 32.1. The van der Waals surface area contributed by atoms with Gasteiger partial charge in [-0.05, 0) is 57.6 Å². The van der Waals surface area contributed by atoms with Crippen LogP contribution in [0.25, 0.3) is 10.1 Å². The fourth-order valence-corrected chi connectivity index (χ4v) is 5.27. The van der Waals surface area contributed by atoms with E-state index in [2.05, 4.69) is 10.6 Å². The summed E-state index contributed by atoms with van der Waals surface area (Å²) in [5.74, 6) is -0.431. The third kappa shape index (κ3) is 7.92. The average molecular weight is 531 g/mol. The molecule has 0 unspecified atom stereocenters. The van der Waals surface area contributed by atoms with Gasteiger partial charge in [0.2, 0.25) is 11.8 Å². The van der Waals surface area contributed by atoms with Gasteiger partial charge in [0, 0.05) is 30.4 Å². The lowest BCUT2D eigenvalue weighted by molar-refractivity contribution is -0.143. The lowest BCUT2D eigenvalue weighted by atomic mass is 10.0. The number of benzene rings is 1. The first-order valence-corrected chi connectivity index (χ1v) is 13.5. The van der Waals surface area contributed by atoms with Crippen LogP contribution in [-0.2, 0) is 14.3 Å². The van der Waals surface area contributed by atoms with Crippen LogP contribution in [0.5, 0.6) is 0 Å². The zero-order valence-corrected chi connectivity index (χ0v) is 23.3. The summed E-state index contributed by atoms with van der Waals surface area (Å²) >= 11 is 1.41. The van der Waals surface area contributed by atoms with Crippen molar-refractivity contribution >= 4 is 45.2 Å². The van der Waals surface area contributed by atoms with Crippen molar-refractivity contribution in [1.82, 2.24) is 20.4 Å². The molecule has 1 aromatic heterocycles. The van der Waals surface area contributed by atoms with Gasteiger partial charge in [-0.25, -0.2) is 4.79 Å². The number of rotatable bonds is 7. The van der Waals surface area contributed by atoms with Crippen molar-refractivity contribution in [3.8, 4) is 0 Å². The van der Waals surface area contributed by atoms with Crippen LogP contribution in [0.1, 0.15) is 57.6 Å². The molecule has 3 rings (SSSR count). The number of thiophene rings is 1. The Morgan fingerprint density at radius 3 is 2.46 bits per heavy atom. The molecule has 202 valence electrons. The monoisotopic (exact) mass is 530 g/mol. The number of carbonyl (C=O) groups excluding carboxylic acids is 4. The Kier molecular flexibility index (Phi) is 9.17. The number of carbonyl (C=O) groups is 4. The highest BCUT2D eigenvalue weighted by Gasteiger charge is 2.34. The van der Waals surface area contributed by atoms with Crippen LogP contribution in [0.2, 0.25) is 0 Å². The molecule has 1 fully saturated rings. The van der Waals surface area contributed by atoms with Crippen LogP contribution in [0.4, 0.5) is 4.79 Å². The standard InChI is InChI=1S/C27H38N4O5S/c1-17(2)13-20(29-24(33)22-14-19-9-7-8-10-21(19)37-22)25(34)31-12-11-30(16-18(31)3)23(32)15-28-26(35)36-27(4,5)6/h7-10,14,17-18,20H,11-13,15-16H2,1-6H3,(H,28,35)(H,29,33)/t18-,20-/m0/s1. The van der Waals surface area contributed by atoms with Crippen molar-refractivity contribution in [2.45, 2.75) is 65.6 Å². The maximum atomic E-state index is 13.5. The molecule has 37 heavy (non-hydrogen) atoms. The molecule has 0 aliphatic carbocycles. The molecule has 2 heterocycles. The Balaban J connectivity index is 1.60. The van der Waals surface area contributed by atoms with Gasteiger partial charge in [0.25, 0.3) is 5.91 Å². The van der Waals surface area contributed by atoms with Crippen LogP contribution < -0.4 is 10.6 Å². The number of hydrogen-bond acceptors (Lipinski definition) is 6. The molecule has 1 aliphatic heterocycles. The Morgan fingerprint density at radius 1 is 1.14 bits per heavy atom. The van der Waals surface area contributed by atoms with E-state index < -0.39 is 17.7 Å². The molecule has 1 saturated heterocycles. The number of hydrogen-bond donors (Lipinski definition) is 2. The van der Waals surface area contributed by atoms with Gasteiger partial charge in [0.1, 0.15) is 18.2 Å². The number of alkyl carbamates (subject to hydrolysis) is 1. The molecule has 1 aromatic carbocycles. The topological polar surface area (TPSA) is 108 Å². The smallest absolute Gasteiger partial charge is 0.408 e. The summed E-state index contributed by atoms with van der Waals surface area (Å²) in [5, 5.41) is 6.46.